The van der Waals surface area contributed by atoms with Crippen LogP contribution in [0.25, 0.3) is 0 Å². The average molecular weight is 355 g/mol. The lowest BCUT2D eigenvalue weighted by Gasteiger charge is -2.17. The lowest BCUT2D eigenvalue weighted by atomic mass is 10.1. The first-order chi connectivity index (χ1) is 9.60. The second-order valence-corrected chi connectivity index (χ2v) is 6.49. The van der Waals surface area contributed by atoms with Crippen LogP contribution in [0.15, 0.2) is 28.1 Å². The zero-order valence-corrected chi connectivity index (χ0v) is 14.3. The van der Waals surface area contributed by atoms with Crippen LogP contribution in [0.1, 0.15) is 36.2 Å². The topological polar surface area (TPSA) is 34.1 Å². The maximum absolute atomic E-state index is 5.96. The van der Waals surface area contributed by atoms with Gasteiger partial charge in [-0.15, -0.1) is 11.3 Å². The molecule has 0 fully saturated rings. The van der Waals surface area contributed by atoms with Gasteiger partial charge in [-0.2, -0.15) is 0 Å². The van der Waals surface area contributed by atoms with Gasteiger partial charge in [-0.3, -0.25) is 0 Å². The third-order valence-electron chi connectivity index (χ3n) is 2.97. The fourth-order valence-electron chi connectivity index (χ4n) is 2.02. The smallest absolute Gasteiger partial charge is 0.140 e. The van der Waals surface area contributed by atoms with Gasteiger partial charge in [-0.1, -0.05) is 28.9 Å². The highest BCUT2D eigenvalue weighted by atomic mass is 79.9. The van der Waals surface area contributed by atoms with Crippen molar-refractivity contribution in [2.45, 2.75) is 33.4 Å². The van der Waals surface area contributed by atoms with E-state index in [-0.39, 0.29) is 6.04 Å². The van der Waals surface area contributed by atoms with Crippen LogP contribution in [-0.4, -0.2) is 11.5 Å². The van der Waals surface area contributed by atoms with Crippen molar-refractivity contribution < 1.29 is 4.74 Å². The number of aromatic nitrogens is 1. The summed E-state index contributed by atoms with van der Waals surface area (Å²) in [4.78, 5) is 4.43. The molecule has 0 saturated carbocycles. The lowest BCUT2D eigenvalue weighted by molar-refractivity contribution is 0.299. The second kappa shape index (κ2) is 7.20. The van der Waals surface area contributed by atoms with E-state index < -0.39 is 0 Å². The zero-order valence-electron chi connectivity index (χ0n) is 11.9. The summed E-state index contributed by atoms with van der Waals surface area (Å²) >= 11 is 5.14. The first kappa shape index (κ1) is 15.5. The van der Waals surface area contributed by atoms with Crippen LogP contribution in [0.2, 0.25) is 0 Å². The van der Waals surface area contributed by atoms with E-state index in [0.717, 1.165) is 27.5 Å². The van der Waals surface area contributed by atoms with Crippen molar-refractivity contribution >= 4 is 27.3 Å². The summed E-state index contributed by atoms with van der Waals surface area (Å²) in [5.74, 6) is 0.903. The van der Waals surface area contributed by atoms with Crippen molar-refractivity contribution in [3.05, 3.63) is 44.3 Å². The Bertz CT molecular complexity index is 571. The lowest BCUT2D eigenvalue weighted by Crippen LogP contribution is -2.18. The third kappa shape index (κ3) is 4.04. The van der Waals surface area contributed by atoms with Crippen LogP contribution in [0.5, 0.6) is 5.75 Å². The molecular formula is C15H19BrN2OS. The third-order valence-corrected chi connectivity index (χ3v) is 4.40. The fourth-order valence-corrected chi connectivity index (χ4v) is 3.04. The molecule has 0 aliphatic rings. The monoisotopic (exact) mass is 354 g/mol. The van der Waals surface area contributed by atoms with Crippen molar-refractivity contribution in [1.82, 2.24) is 10.3 Å². The minimum atomic E-state index is 0.265. The van der Waals surface area contributed by atoms with Gasteiger partial charge in [-0.05, 0) is 32.5 Å². The largest absolute Gasteiger partial charge is 0.486 e. The molecule has 1 aromatic heterocycles. The average Bonchev–Trinajstić information content (AvgIpc) is 2.82. The number of hydrogen-bond donors (Lipinski definition) is 1. The summed E-state index contributed by atoms with van der Waals surface area (Å²) in [6, 6.07) is 6.42. The van der Waals surface area contributed by atoms with E-state index in [1.165, 1.54) is 5.56 Å². The molecule has 1 atom stereocenters. The van der Waals surface area contributed by atoms with Crippen LogP contribution >= 0.6 is 27.3 Å². The van der Waals surface area contributed by atoms with E-state index in [2.05, 4.69) is 46.1 Å². The highest BCUT2D eigenvalue weighted by Crippen LogP contribution is 2.29. The number of ether oxygens (including phenoxy) is 1. The molecule has 0 aliphatic carbocycles. The van der Waals surface area contributed by atoms with Gasteiger partial charge in [0.1, 0.15) is 17.4 Å². The summed E-state index contributed by atoms with van der Waals surface area (Å²) in [5, 5.41) is 6.46. The molecule has 1 unspecified atom stereocenters. The fraction of sp³-hybridized carbons (Fsp3) is 0.400. The normalized spacial score (nSPS) is 12.4. The summed E-state index contributed by atoms with van der Waals surface area (Å²) in [6.45, 7) is 7.70. The quantitative estimate of drug-likeness (QED) is 0.831. The van der Waals surface area contributed by atoms with Gasteiger partial charge >= 0.3 is 0 Å². The van der Waals surface area contributed by atoms with E-state index in [4.69, 9.17) is 4.74 Å². The molecule has 0 spiro atoms. The van der Waals surface area contributed by atoms with E-state index >= 15 is 0 Å². The molecule has 1 aromatic carbocycles. The number of rotatable bonds is 6. The Morgan fingerprint density at radius 1 is 1.45 bits per heavy atom. The van der Waals surface area contributed by atoms with Crippen molar-refractivity contribution in [3.63, 3.8) is 0 Å². The number of nitrogens with zero attached hydrogens (tertiary/aromatic N) is 1. The second-order valence-electron chi connectivity index (χ2n) is 4.63. The molecule has 1 N–H and O–H groups in total. The van der Waals surface area contributed by atoms with Gasteiger partial charge < -0.3 is 10.1 Å². The number of aryl methyl sites for hydroxylation is 1. The minimum absolute atomic E-state index is 0.265. The first-order valence-corrected chi connectivity index (χ1v) is 8.34. The highest BCUT2D eigenvalue weighted by molar-refractivity contribution is 9.10. The molecule has 0 radical (unpaired) electrons. The summed E-state index contributed by atoms with van der Waals surface area (Å²) in [6.07, 6.45) is 0. The van der Waals surface area contributed by atoms with E-state index in [1.54, 1.807) is 11.3 Å². The van der Waals surface area contributed by atoms with Crippen molar-refractivity contribution in [1.29, 1.82) is 0 Å². The standard InChI is InChI=1S/C15H19BrN2OS/c1-4-17-11(3)13-6-5-12(16)7-14(13)19-8-15-18-10(2)9-20-15/h5-7,9,11,17H,4,8H2,1-3H3. The first-order valence-electron chi connectivity index (χ1n) is 6.66. The Kier molecular flexibility index (Phi) is 5.57. The van der Waals surface area contributed by atoms with E-state index in [9.17, 15) is 0 Å². The summed E-state index contributed by atoms with van der Waals surface area (Å²) < 4.78 is 6.99. The molecule has 108 valence electrons. The molecule has 2 aromatic rings. The molecule has 0 saturated heterocycles. The predicted molar refractivity (Wildman–Crippen MR) is 87.4 cm³/mol. The molecule has 2 rings (SSSR count). The maximum atomic E-state index is 5.96. The van der Waals surface area contributed by atoms with E-state index in [0.29, 0.717) is 6.61 Å². The molecule has 0 amide bonds. The van der Waals surface area contributed by atoms with Crippen LogP contribution in [-0.2, 0) is 6.61 Å². The van der Waals surface area contributed by atoms with Crippen LogP contribution < -0.4 is 10.1 Å². The van der Waals surface area contributed by atoms with E-state index in [1.807, 2.05) is 24.4 Å². The Balaban J connectivity index is 2.14. The van der Waals surface area contributed by atoms with Gasteiger partial charge in [0.25, 0.3) is 0 Å². The molecule has 3 nitrogen and oxygen atoms in total. The SMILES string of the molecule is CCNC(C)c1ccc(Br)cc1OCc1nc(C)cs1. The zero-order chi connectivity index (χ0) is 14.5. The summed E-state index contributed by atoms with van der Waals surface area (Å²) in [5.41, 5.74) is 2.22. The minimum Gasteiger partial charge on any atom is -0.486 e. The number of benzene rings is 1. The highest BCUT2D eigenvalue weighted by Gasteiger charge is 2.12. The Labute approximate surface area is 132 Å². The molecule has 1 heterocycles. The van der Waals surface area contributed by atoms with Crippen LogP contribution in [0.4, 0.5) is 0 Å². The van der Waals surface area contributed by atoms with Gasteiger partial charge in [0.2, 0.25) is 0 Å². The predicted octanol–water partition coefficient (Wildman–Crippen LogP) is 4.46. The maximum Gasteiger partial charge on any atom is 0.140 e. The Hall–Kier alpha value is -0.910. The molecule has 0 bridgehead atoms. The molecule has 5 heteroatoms. The molecular weight excluding hydrogens is 336 g/mol. The van der Waals surface area contributed by atoms with Gasteiger partial charge in [0, 0.05) is 27.2 Å². The summed E-state index contributed by atoms with van der Waals surface area (Å²) in [7, 11) is 0. The Morgan fingerprint density at radius 3 is 2.90 bits per heavy atom. The number of halogens is 1. The van der Waals surface area contributed by atoms with Gasteiger partial charge in [0.15, 0.2) is 0 Å². The van der Waals surface area contributed by atoms with Gasteiger partial charge in [0.05, 0.1) is 0 Å². The number of thiazole rings is 1. The Morgan fingerprint density at radius 2 is 2.25 bits per heavy atom. The number of hydrogen-bond acceptors (Lipinski definition) is 4. The van der Waals surface area contributed by atoms with Crippen LogP contribution in [0.3, 0.4) is 0 Å². The number of nitrogens with one attached hydrogen (secondary N) is 1. The van der Waals surface area contributed by atoms with Crippen LogP contribution in [0, 0.1) is 6.92 Å². The molecule has 20 heavy (non-hydrogen) atoms. The van der Waals surface area contributed by atoms with Crippen molar-refractivity contribution in [3.8, 4) is 5.75 Å². The molecule has 0 aliphatic heterocycles. The van der Waals surface area contributed by atoms with Crippen molar-refractivity contribution in [2.75, 3.05) is 6.54 Å². The van der Waals surface area contributed by atoms with Crippen molar-refractivity contribution in [2.24, 2.45) is 0 Å². The van der Waals surface area contributed by atoms with Gasteiger partial charge in [-0.25, -0.2) is 4.98 Å².